The summed E-state index contributed by atoms with van der Waals surface area (Å²) < 4.78 is 10.9. The van der Waals surface area contributed by atoms with E-state index in [9.17, 15) is 4.79 Å². The fourth-order valence-electron chi connectivity index (χ4n) is 7.36. The number of fused-ring (bicyclic) bond motifs is 1. The standard InChI is InChI=1S/C41H48N4O3/c46-41(43-37-12-5-2-6-13-37)45(38-20-22-44(23-21-38)28-31-8-3-1-4-9-31)29-32-14-17-35(18-15-32)36-11-7-10-33(24-36)26-42-27-34-16-19-39-40(25-34)48-30-47-39/h1,3-4,7-11,14-19,24-25,37-38,42H,2,5-6,12-13,20-23,26-30H2,(H,43,46). The molecule has 2 amide bonds. The van der Waals surface area contributed by atoms with E-state index < -0.39 is 0 Å². The van der Waals surface area contributed by atoms with Crippen molar-refractivity contribution in [3.05, 3.63) is 119 Å². The van der Waals surface area contributed by atoms with Crippen LogP contribution in [0.4, 0.5) is 4.79 Å². The van der Waals surface area contributed by atoms with Gasteiger partial charge in [-0.2, -0.15) is 0 Å². The van der Waals surface area contributed by atoms with Crippen molar-refractivity contribution in [3.8, 4) is 22.6 Å². The smallest absolute Gasteiger partial charge is 0.318 e. The number of rotatable bonds is 11. The molecule has 1 aliphatic carbocycles. The molecule has 2 fully saturated rings. The minimum Gasteiger partial charge on any atom is -0.454 e. The van der Waals surface area contributed by atoms with Crippen molar-refractivity contribution in [2.75, 3.05) is 19.9 Å². The monoisotopic (exact) mass is 644 g/mol. The van der Waals surface area contributed by atoms with Gasteiger partial charge in [-0.3, -0.25) is 4.90 Å². The highest BCUT2D eigenvalue weighted by Crippen LogP contribution is 2.32. The summed E-state index contributed by atoms with van der Waals surface area (Å²) >= 11 is 0. The molecule has 0 spiro atoms. The van der Waals surface area contributed by atoms with Crippen molar-refractivity contribution in [3.63, 3.8) is 0 Å². The van der Waals surface area contributed by atoms with Crippen molar-refractivity contribution in [2.45, 2.75) is 83.2 Å². The summed E-state index contributed by atoms with van der Waals surface area (Å²) in [5.41, 5.74) is 7.31. The third-order valence-electron chi connectivity index (χ3n) is 10.1. The van der Waals surface area contributed by atoms with Gasteiger partial charge < -0.3 is 25.0 Å². The molecule has 7 rings (SSSR count). The summed E-state index contributed by atoms with van der Waals surface area (Å²) in [6.07, 6.45) is 7.89. The van der Waals surface area contributed by atoms with Gasteiger partial charge >= 0.3 is 6.03 Å². The van der Waals surface area contributed by atoms with Gasteiger partial charge in [-0.05, 0) is 77.3 Å². The van der Waals surface area contributed by atoms with Crippen molar-refractivity contribution < 1.29 is 14.3 Å². The Hall–Kier alpha value is -4.33. The zero-order chi connectivity index (χ0) is 32.5. The number of carbonyl (C=O) groups excluding carboxylic acids is 1. The van der Waals surface area contributed by atoms with Crippen LogP contribution in [0.25, 0.3) is 11.1 Å². The van der Waals surface area contributed by atoms with Crippen molar-refractivity contribution in [1.82, 2.24) is 20.4 Å². The van der Waals surface area contributed by atoms with Crippen LogP contribution in [0.3, 0.4) is 0 Å². The molecule has 250 valence electrons. The number of amides is 2. The minimum atomic E-state index is 0.105. The quantitative estimate of drug-likeness (QED) is 0.174. The maximum absolute atomic E-state index is 13.8. The highest BCUT2D eigenvalue weighted by Gasteiger charge is 2.29. The van der Waals surface area contributed by atoms with Crippen LogP contribution >= 0.6 is 0 Å². The lowest BCUT2D eigenvalue weighted by atomic mass is 9.95. The molecule has 3 aliphatic rings. The van der Waals surface area contributed by atoms with E-state index in [-0.39, 0.29) is 12.1 Å². The van der Waals surface area contributed by atoms with Crippen LogP contribution in [-0.4, -0.2) is 47.8 Å². The van der Waals surface area contributed by atoms with Crippen LogP contribution in [-0.2, 0) is 26.2 Å². The topological polar surface area (TPSA) is 66.1 Å². The van der Waals surface area contributed by atoms with Crippen LogP contribution in [0.2, 0.25) is 0 Å². The molecular formula is C41H48N4O3. The van der Waals surface area contributed by atoms with Gasteiger partial charge in [0.1, 0.15) is 0 Å². The maximum atomic E-state index is 13.8. The Balaban J connectivity index is 0.974. The first-order valence-corrected chi connectivity index (χ1v) is 17.8. The molecule has 4 aromatic carbocycles. The molecule has 48 heavy (non-hydrogen) atoms. The summed E-state index contributed by atoms with van der Waals surface area (Å²) in [6, 6.07) is 35.0. The van der Waals surface area contributed by atoms with Crippen LogP contribution in [0.15, 0.2) is 97.1 Å². The van der Waals surface area contributed by atoms with E-state index in [0.717, 1.165) is 69.9 Å². The molecule has 1 saturated heterocycles. The van der Waals surface area contributed by atoms with E-state index in [1.54, 1.807) is 0 Å². The predicted octanol–water partition coefficient (Wildman–Crippen LogP) is 7.88. The average Bonchev–Trinajstić information content (AvgIpc) is 3.61. The number of piperidine rings is 1. The molecule has 1 saturated carbocycles. The normalized spacial score (nSPS) is 16.9. The molecule has 2 aliphatic heterocycles. The lowest BCUT2D eigenvalue weighted by Crippen LogP contribution is -2.52. The second-order valence-electron chi connectivity index (χ2n) is 13.6. The maximum Gasteiger partial charge on any atom is 0.318 e. The molecule has 0 radical (unpaired) electrons. The predicted molar refractivity (Wildman–Crippen MR) is 191 cm³/mol. The van der Waals surface area contributed by atoms with Gasteiger partial charge in [-0.15, -0.1) is 0 Å². The van der Waals surface area contributed by atoms with Crippen LogP contribution in [0.1, 0.15) is 67.2 Å². The van der Waals surface area contributed by atoms with Gasteiger partial charge in [0.25, 0.3) is 0 Å². The summed E-state index contributed by atoms with van der Waals surface area (Å²) in [7, 11) is 0. The third-order valence-corrected chi connectivity index (χ3v) is 10.1. The first kappa shape index (κ1) is 32.2. The van der Waals surface area contributed by atoms with E-state index in [1.807, 2.05) is 12.1 Å². The van der Waals surface area contributed by atoms with Gasteiger partial charge in [0.05, 0.1) is 0 Å². The van der Waals surface area contributed by atoms with E-state index in [1.165, 1.54) is 52.6 Å². The number of hydrogen-bond acceptors (Lipinski definition) is 5. The first-order chi connectivity index (χ1) is 23.7. The zero-order valence-electron chi connectivity index (χ0n) is 27.9. The van der Waals surface area contributed by atoms with Gasteiger partial charge in [0, 0.05) is 51.4 Å². The van der Waals surface area contributed by atoms with Gasteiger partial charge in [0.15, 0.2) is 11.5 Å². The fraction of sp³-hybridized carbons (Fsp3) is 0.390. The second-order valence-corrected chi connectivity index (χ2v) is 13.6. The van der Waals surface area contributed by atoms with Gasteiger partial charge in [-0.1, -0.05) is 98.1 Å². The second kappa shape index (κ2) is 15.7. The van der Waals surface area contributed by atoms with E-state index in [2.05, 4.69) is 105 Å². The Bertz CT molecular complexity index is 1630. The molecule has 7 heteroatoms. The first-order valence-electron chi connectivity index (χ1n) is 17.8. The summed E-state index contributed by atoms with van der Waals surface area (Å²) in [5.74, 6) is 1.63. The number of hydrogen-bond donors (Lipinski definition) is 2. The van der Waals surface area contributed by atoms with E-state index in [0.29, 0.717) is 19.4 Å². The molecule has 7 nitrogen and oxygen atoms in total. The number of carbonyl (C=O) groups is 1. The molecule has 0 atom stereocenters. The Morgan fingerprint density at radius 1 is 0.688 bits per heavy atom. The van der Waals surface area contributed by atoms with E-state index >= 15 is 0 Å². The number of nitrogens with one attached hydrogen (secondary N) is 2. The number of nitrogens with zero attached hydrogens (tertiary/aromatic N) is 2. The number of ether oxygens (including phenoxy) is 2. The third kappa shape index (κ3) is 8.38. The lowest BCUT2D eigenvalue weighted by molar-refractivity contribution is 0.110. The summed E-state index contributed by atoms with van der Waals surface area (Å²) in [6.45, 7) is 5.44. The van der Waals surface area contributed by atoms with E-state index in [4.69, 9.17) is 9.47 Å². The number of likely N-dealkylation sites (tertiary alicyclic amines) is 1. The SMILES string of the molecule is O=C(NC1CCCCC1)N(Cc1ccc(-c2cccc(CNCc3ccc4c(c3)OCO4)c2)cc1)C1CCN(Cc2ccccc2)CC1. The molecule has 0 unspecified atom stereocenters. The minimum absolute atomic E-state index is 0.105. The van der Waals surface area contributed by atoms with Gasteiger partial charge in [-0.25, -0.2) is 4.79 Å². The zero-order valence-corrected chi connectivity index (χ0v) is 27.9. The number of benzene rings is 4. The number of urea groups is 1. The van der Waals surface area contributed by atoms with Crippen LogP contribution in [0.5, 0.6) is 11.5 Å². The fourth-order valence-corrected chi connectivity index (χ4v) is 7.36. The largest absolute Gasteiger partial charge is 0.454 e. The van der Waals surface area contributed by atoms with Crippen LogP contribution in [0, 0.1) is 0 Å². The van der Waals surface area contributed by atoms with Crippen molar-refractivity contribution in [2.24, 2.45) is 0 Å². The Labute approximate surface area is 285 Å². The molecule has 2 N–H and O–H groups in total. The lowest BCUT2D eigenvalue weighted by Gasteiger charge is -2.39. The average molecular weight is 645 g/mol. The molecule has 0 aromatic heterocycles. The van der Waals surface area contributed by atoms with Crippen molar-refractivity contribution in [1.29, 1.82) is 0 Å². The van der Waals surface area contributed by atoms with Crippen LogP contribution < -0.4 is 20.1 Å². The Kier molecular flexibility index (Phi) is 10.5. The molecule has 0 bridgehead atoms. The van der Waals surface area contributed by atoms with Crippen molar-refractivity contribution >= 4 is 6.03 Å². The molecular weight excluding hydrogens is 596 g/mol. The Morgan fingerprint density at radius 3 is 2.19 bits per heavy atom. The summed E-state index contributed by atoms with van der Waals surface area (Å²) in [5, 5.41) is 6.99. The highest BCUT2D eigenvalue weighted by atomic mass is 16.7. The molecule has 2 heterocycles. The van der Waals surface area contributed by atoms with Gasteiger partial charge in [0.2, 0.25) is 6.79 Å². The Morgan fingerprint density at radius 2 is 1.40 bits per heavy atom. The summed E-state index contributed by atoms with van der Waals surface area (Å²) in [4.78, 5) is 18.5. The molecule has 4 aromatic rings. The highest BCUT2D eigenvalue weighted by molar-refractivity contribution is 5.75.